The summed E-state index contributed by atoms with van der Waals surface area (Å²) in [5.41, 5.74) is 0. The van der Waals surface area contributed by atoms with Gasteiger partial charge in [0.2, 0.25) is 5.88 Å². The molecule has 1 aromatic rings. The van der Waals surface area contributed by atoms with Gasteiger partial charge in [0, 0.05) is 40.1 Å². The summed E-state index contributed by atoms with van der Waals surface area (Å²) < 4.78 is 11.0. The molecule has 1 saturated heterocycles. The Labute approximate surface area is 172 Å². The van der Waals surface area contributed by atoms with E-state index < -0.39 is 0 Å². The Morgan fingerprint density at radius 1 is 1.48 bits per heavy atom. The molecule has 0 atom stereocenters. The quantitative estimate of drug-likeness (QED) is 0.280. The lowest BCUT2D eigenvalue weighted by atomic mass is 9.96. The van der Waals surface area contributed by atoms with Gasteiger partial charge in [-0.15, -0.1) is 24.0 Å². The number of halogens is 2. The van der Waals surface area contributed by atoms with Gasteiger partial charge in [-0.3, -0.25) is 4.99 Å². The van der Waals surface area contributed by atoms with Gasteiger partial charge < -0.3 is 19.7 Å². The topological polar surface area (TPSA) is 59.0 Å². The van der Waals surface area contributed by atoms with Gasteiger partial charge in [-0.2, -0.15) is 0 Å². The van der Waals surface area contributed by atoms with Crippen LogP contribution in [0.4, 0.5) is 0 Å². The smallest absolute Gasteiger partial charge is 0.232 e. The fourth-order valence-corrected chi connectivity index (χ4v) is 2.87. The Bertz CT molecular complexity index is 527. The second-order valence-electron chi connectivity index (χ2n) is 5.88. The van der Waals surface area contributed by atoms with Gasteiger partial charge >= 0.3 is 0 Å². The first-order valence-electron chi connectivity index (χ1n) is 8.43. The van der Waals surface area contributed by atoms with Crippen LogP contribution < -0.4 is 10.1 Å². The molecule has 0 unspecified atom stereocenters. The van der Waals surface area contributed by atoms with E-state index in [1.807, 2.05) is 0 Å². The zero-order chi connectivity index (χ0) is 17.2. The van der Waals surface area contributed by atoms with E-state index in [1.165, 1.54) is 19.3 Å². The van der Waals surface area contributed by atoms with Crippen molar-refractivity contribution < 1.29 is 9.47 Å². The van der Waals surface area contributed by atoms with Crippen LogP contribution in [0.1, 0.15) is 19.3 Å². The summed E-state index contributed by atoms with van der Waals surface area (Å²) in [6, 6.07) is 3.54. The maximum absolute atomic E-state index is 6.01. The minimum Gasteiger partial charge on any atom is -0.475 e. The lowest BCUT2D eigenvalue weighted by Crippen LogP contribution is -2.41. The molecule has 2 heterocycles. The third-order valence-electron chi connectivity index (χ3n) is 4.14. The normalized spacial score (nSPS) is 15.4. The minimum atomic E-state index is 0. The lowest BCUT2D eigenvalue weighted by Gasteiger charge is -2.26. The Hall–Kier alpha value is -0.800. The molecule has 1 N–H and O–H groups in total. The predicted molar refractivity (Wildman–Crippen MR) is 112 cm³/mol. The van der Waals surface area contributed by atoms with Crippen LogP contribution in [-0.2, 0) is 4.74 Å². The predicted octanol–water partition coefficient (Wildman–Crippen LogP) is 3.06. The van der Waals surface area contributed by atoms with E-state index in [-0.39, 0.29) is 24.0 Å². The first-order valence-corrected chi connectivity index (χ1v) is 8.81. The maximum Gasteiger partial charge on any atom is 0.232 e. The fraction of sp³-hybridized carbons (Fsp3) is 0.647. The summed E-state index contributed by atoms with van der Waals surface area (Å²) in [6.07, 6.45) is 5.16. The highest BCUT2D eigenvalue weighted by molar-refractivity contribution is 14.0. The van der Waals surface area contributed by atoms with Crippen LogP contribution in [0, 0.1) is 5.92 Å². The maximum atomic E-state index is 6.01. The number of aliphatic imine (C=N–C) groups is 1. The Morgan fingerprint density at radius 2 is 2.24 bits per heavy atom. The molecule has 8 heteroatoms. The van der Waals surface area contributed by atoms with Crippen molar-refractivity contribution in [1.29, 1.82) is 0 Å². The minimum absolute atomic E-state index is 0. The van der Waals surface area contributed by atoms with Gasteiger partial charge in [-0.1, -0.05) is 11.6 Å². The van der Waals surface area contributed by atoms with Crippen LogP contribution in [0.25, 0.3) is 0 Å². The van der Waals surface area contributed by atoms with E-state index in [1.54, 1.807) is 25.4 Å². The average molecular weight is 483 g/mol. The van der Waals surface area contributed by atoms with Crippen LogP contribution >= 0.6 is 35.6 Å². The zero-order valence-corrected chi connectivity index (χ0v) is 18.0. The van der Waals surface area contributed by atoms with Crippen LogP contribution in [0.15, 0.2) is 23.3 Å². The lowest BCUT2D eigenvalue weighted by molar-refractivity contribution is 0.0625. The Balaban J connectivity index is 0.00000312. The first-order chi connectivity index (χ1) is 11.7. The second kappa shape index (κ2) is 12.5. The van der Waals surface area contributed by atoms with Gasteiger partial charge in [-0.05, 0) is 37.3 Å². The molecule has 6 nitrogen and oxygen atoms in total. The SMILES string of the molecule is CN=C(NCCOc1ncccc1Cl)N(C)CCC1CCOCC1.I. The molecule has 142 valence electrons. The molecule has 0 radical (unpaired) electrons. The molecule has 1 aliphatic heterocycles. The third-order valence-corrected chi connectivity index (χ3v) is 4.42. The summed E-state index contributed by atoms with van der Waals surface area (Å²) in [5, 5.41) is 3.83. The van der Waals surface area contributed by atoms with Crippen LogP contribution in [-0.4, -0.2) is 62.8 Å². The van der Waals surface area contributed by atoms with E-state index in [4.69, 9.17) is 21.1 Å². The third kappa shape index (κ3) is 7.96. The van der Waals surface area contributed by atoms with Crippen molar-refractivity contribution in [3.8, 4) is 5.88 Å². The van der Waals surface area contributed by atoms with Crippen molar-refractivity contribution in [2.75, 3.05) is 47.0 Å². The van der Waals surface area contributed by atoms with Crippen LogP contribution in [0.2, 0.25) is 5.02 Å². The van der Waals surface area contributed by atoms with Crippen LogP contribution in [0.3, 0.4) is 0 Å². The van der Waals surface area contributed by atoms with Crippen molar-refractivity contribution in [3.63, 3.8) is 0 Å². The molecule has 0 bridgehead atoms. The largest absolute Gasteiger partial charge is 0.475 e. The molecule has 0 spiro atoms. The molecular weight excluding hydrogens is 455 g/mol. The number of rotatable bonds is 7. The van der Waals surface area contributed by atoms with E-state index in [2.05, 4.69) is 27.2 Å². The standard InChI is InChI=1S/C17H27ClN4O2.HI/c1-19-17(22(2)10-5-14-6-11-23-12-7-14)21-9-13-24-16-15(18)4-3-8-20-16;/h3-4,8,14H,5-7,9-13H2,1-2H3,(H,19,21);1H. The highest BCUT2D eigenvalue weighted by atomic mass is 127. The number of hydrogen-bond acceptors (Lipinski definition) is 4. The summed E-state index contributed by atoms with van der Waals surface area (Å²) in [7, 11) is 3.86. The van der Waals surface area contributed by atoms with Gasteiger partial charge in [0.25, 0.3) is 0 Å². The Morgan fingerprint density at radius 3 is 2.92 bits per heavy atom. The number of ether oxygens (including phenoxy) is 2. The molecule has 1 fully saturated rings. The van der Waals surface area contributed by atoms with Gasteiger partial charge in [0.1, 0.15) is 11.6 Å². The van der Waals surface area contributed by atoms with Gasteiger partial charge in [-0.25, -0.2) is 4.98 Å². The van der Waals surface area contributed by atoms with E-state index in [9.17, 15) is 0 Å². The molecule has 0 saturated carbocycles. The number of nitrogens with zero attached hydrogens (tertiary/aromatic N) is 3. The second-order valence-corrected chi connectivity index (χ2v) is 6.29. The van der Waals surface area contributed by atoms with Gasteiger partial charge in [0.05, 0.1) is 6.54 Å². The van der Waals surface area contributed by atoms with E-state index in [0.29, 0.717) is 24.1 Å². The molecule has 25 heavy (non-hydrogen) atoms. The van der Waals surface area contributed by atoms with Crippen molar-refractivity contribution in [2.45, 2.75) is 19.3 Å². The van der Waals surface area contributed by atoms with E-state index >= 15 is 0 Å². The highest BCUT2D eigenvalue weighted by Gasteiger charge is 2.15. The molecule has 1 aromatic heterocycles. The summed E-state index contributed by atoms with van der Waals surface area (Å²) in [4.78, 5) is 10.6. The number of nitrogens with one attached hydrogen (secondary N) is 1. The molecule has 1 aliphatic rings. The molecule has 0 aliphatic carbocycles. The Kier molecular flexibility index (Phi) is 11.2. The average Bonchev–Trinajstić information content (AvgIpc) is 2.62. The fourth-order valence-electron chi connectivity index (χ4n) is 2.69. The van der Waals surface area contributed by atoms with E-state index in [0.717, 1.165) is 31.6 Å². The molecule has 0 aromatic carbocycles. The van der Waals surface area contributed by atoms with Crippen molar-refractivity contribution in [3.05, 3.63) is 23.4 Å². The molecule has 2 rings (SSSR count). The molecule has 0 amide bonds. The van der Waals surface area contributed by atoms with Crippen LogP contribution in [0.5, 0.6) is 5.88 Å². The van der Waals surface area contributed by atoms with Crippen molar-refractivity contribution in [1.82, 2.24) is 15.2 Å². The summed E-state index contributed by atoms with van der Waals surface area (Å²) in [5.74, 6) is 2.09. The number of hydrogen-bond donors (Lipinski definition) is 1. The summed E-state index contributed by atoms with van der Waals surface area (Å²) in [6.45, 7) is 3.89. The first kappa shape index (κ1) is 22.2. The van der Waals surface area contributed by atoms with Crippen molar-refractivity contribution in [2.24, 2.45) is 10.9 Å². The highest BCUT2D eigenvalue weighted by Crippen LogP contribution is 2.20. The zero-order valence-electron chi connectivity index (χ0n) is 14.9. The number of guanidine groups is 1. The monoisotopic (exact) mass is 482 g/mol. The summed E-state index contributed by atoms with van der Waals surface area (Å²) >= 11 is 6.01. The number of aromatic nitrogens is 1. The molecular formula is C17H28ClIN4O2. The number of pyridine rings is 1. The van der Waals surface area contributed by atoms with Crippen molar-refractivity contribution >= 4 is 41.5 Å². The van der Waals surface area contributed by atoms with Gasteiger partial charge in [0.15, 0.2) is 5.96 Å².